The summed E-state index contributed by atoms with van der Waals surface area (Å²) >= 11 is 5.64. The number of halogens is 2. The lowest BCUT2D eigenvalue weighted by molar-refractivity contribution is -0.124. The van der Waals surface area contributed by atoms with E-state index in [-0.39, 0.29) is 36.9 Å². The Morgan fingerprint density at radius 1 is 1.00 bits per heavy atom. The van der Waals surface area contributed by atoms with Crippen LogP contribution in [0.5, 0.6) is 0 Å². The highest BCUT2D eigenvalue weighted by Crippen LogP contribution is 2.28. The fourth-order valence-corrected chi connectivity index (χ4v) is 4.56. The lowest BCUT2D eigenvalue weighted by Gasteiger charge is -2.24. The quantitative estimate of drug-likeness (QED) is 0.315. The summed E-state index contributed by atoms with van der Waals surface area (Å²) in [7, 11) is 0. The highest BCUT2D eigenvalue weighted by atomic mass is 32.1. The molecule has 0 aromatic heterocycles. The number of nitrogens with one attached hydrogen (secondary N) is 1. The minimum absolute atomic E-state index is 0.162. The van der Waals surface area contributed by atoms with Crippen LogP contribution in [0.4, 0.5) is 20.2 Å². The van der Waals surface area contributed by atoms with Gasteiger partial charge in [0, 0.05) is 12.2 Å². The third-order valence-corrected chi connectivity index (χ3v) is 6.46. The van der Waals surface area contributed by atoms with Crippen LogP contribution in [0.15, 0.2) is 72.8 Å². The molecule has 1 N–H and O–H groups in total. The minimum atomic E-state index is -0.945. The summed E-state index contributed by atoms with van der Waals surface area (Å²) in [5.41, 5.74) is 1.58. The molecule has 0 spiro atoms. The van der Waals surface area contributed by atoms with Crippen LogP contribution in [0.1, 0.15) is 29.3 Å². The van der Waals surface area contributed by atoms with Crippen LogP contribution in [0.2, 0.25) is 0 Å². The molecule has 0 saturated carbocycles. The smallest absolute Gasteiger partial charge is 0.338 e. The zero-order valence-electron chi connectivity index (χ0n) is 20.5. The van der Waals surface area contributed by atoms with E-state index in [4.69, 9.17) is 17.0 Å². The van der Waals surface area contributed by atoms with E-state index in [1.54, 1.807) is 42.2 Å². The molecule has 3 aromatic rings. The van der Waals surface area contributed by atoms with E-state index in [0.717, 1.165) is 0 Å². The Bertz CT molecular complexity index is 1350. The lowest BCUT2D eigenvalue weighted by Crippen LogP contribution is -2.39. The van der Waals surface area contributed by atoms with Crippen LogP contribution in [-0.2, 0) is 20.7 Å². The van der Waals surface area contributed by atoms with E-state index in [1.807, 2.05) is 0 Å². The first-order chi connectivity index (χ1) is 18.3. The Labute approximate surface area is 224 Å². The predicted molar refractivity (Wildman–Crippen MR) is 143 cm³/mol. The largest absolute Gasteiger partial charge is 0.462 e. The molecule has 1 aliphatic heterocycles. The van der Waals surface area contributed by atoms with E-state index in [0.29, 0.717) is 22.5 Å². The summed E-state index contributed by atoms with van der Waals surface area (Å²) < 4.78 is 32.5. The Hall–Kier alpha value is -4.18. The highest BCUT2D eigenvalue weighted by Gasteiger charge is 2.44. The second-order valence-corrected chi connectivity index (χ2v) is 8.90. The van der Waals surface area contributed by atoms with Gasteiger partial charge < -0.3 is 15.0 Å². The molecule has 2 amide bonds. The van der Waals surface area contributed by atoms with Crippen molar-refractivity contribution in [1.82, 2.24) is 4.90 Å². The number of carbonyl (C=O) groups is 3. The molecule has 196 valence electrons. The van der Waals surface area contributed by atoms with Crippen LogP contribution < -0.4 is 10.2 Å². The second kappa shape index (κ2) is 11.9. The van der Waals surface area contributed by atoms with Crippen molar-refractivity contribution in [3.63, 3.8) is 0 Å². The van der Waals surface area contributed by atoms with E-state index < -0.39 is 29.6 Å². The first kappa shape index (κ1) is 26.9. The molecule has 10 heteroatoms. The summed E-state index contributed by atoms with van der Waals surface area (Å²) in [6, 6.07) is 16.8. The van der Waals surface area contributed by atoms with Crippen molar-refractivity contribution >= 4 is 46.5 Å². The maximum absolute atomic E-state index is 14.3. The zero-order chi connectivity index (χ0) is 27.2. The van der Waals surface area contributed by atoms with Gasteiger partial charge in [-0.15, -0.1) is 0 Å². The van der Waals surface area contributed by atoms with Crippen molar-refractivity contribution in [3.05, 3.63) is 95.6 Å². The summed E-state index contributed by atoms with van der Waals surface area (Å²) in [6.07, 6.45) is 0.0246. The van der Waals surface area contributed by atoms with Crippen molar-refractivity contribution in [2.75, 3.05) is 23.4 Å². The van der Waals surface area contributed by atoms with Crippen molar-refractivity contribution in [2.45, 2.75) is 25.8 Å². The molecule has 1 fully saturated rings. The Kier molecular flexibility index (Phi) is 8.42. The molecule has 1 aliphatic rings. The van der Waals surface area contributed by atoms with Gasteiger partial charge in [0.15, 0.2) is 5.11 Å². The van der Waals surface area contributed by atoms with Gasteiger partial charge in [0.2, 0.25) is 5.91 Å². The first-order valence-electron chi connectivity index (χ1n) is 12.0. The van der Waals surface area contributed by atoms with Crippen molar-refractivity contribution in [3.8, 4) is 0 Å². The minimum Gasteiger partial charge on any atom is -0.462 e. The molecule has 7 nitrogen and oxygen atoms in total. The maximum atomic E-state index is 14.3. The van der Waals surface area contributed by atoms with Crippen molar-refractivity contribution in [2.24, 2.45) is 0 Å². The molecule has 0 aliphatic carbocycles. The van der Waals surface area contributed by atoms with Crippen LogP contribution in [0.3, 0.4) is 0 Å². The SMILES string of the molecule is CCOC(=O)c1ccc(N2C(=O)[C@H](CC(=O)Nc3ccc(F)cc3)N(CCc3ccccc3F)C2=S)cc1. The molecule has 1 atom stereocenters. The molecule has 0 radical (unpaired) electrons. The standard InChI is InChI=1S/C28H25F2N3O4S/c1-2-37-27(36)19-7-13-22(14-8-19)33-26(35)24(17-25(34)31-21-11-9-20(29)10-12-21)32(28(33)38)16-15-18-5-3-4-6-23(18)30/h3-14,24H,2,15-17H2,1H3,(H,31,34)/t24-/m0/s1. The summed E-state index contributed by atoms with van der Waals surface area (Å²) in [5.74, 6) is -2.20. The van der Waals surface area contributed by atoms with E-state index >= 15 is 0 Å². The molecular weight excluding hydrogens is 512 g/mol. The molecule has 0 bridgehead atoms. The maximum Gasteiger partial charge on any atom is 0.338 e. The highest BCUT2D eigenvalue weighted by molar-refractivity contribution is 7.80. The number of ether oxygens (including phenoxy) is 1. The number of esters is 1. The molecular formula is C28H25F2N3O4S. The number of amides is 2. The van der Waals surface area contributed by atoms with E-state index in [2.05, 4.69) is 5.32 Å². The molecule has 3 aromatic carbocycles. The monoisotopic (exact) mass is 537 g/mol. The molecule has 1 heterocycles. The fourth-order valence-electron chi connectivity index (χ4n) is 4.15. The lowest BCUT2D eigenvalue weighted by atomic mass is 10.1. The summed E-state index contributed by atoms with van der Waals surface area (Å²) in [4.78, 5) is 41.3. The average Bonchev–Trinajstić information content (AvgIpc) is 3.13. The number of carbonyl (C=O) groups excluding carboxylic acids is 3. The Morgan fingerprint density at radius 2 is 1.68 bits per heavy atom. The van der Waals surface area contributed by atoms with E-state index in [1.165, 1.54) is 47.4 Å². The van der Waals surface area contributed by atoms with Gasteiger partial charge in [-0.3, -0.25) is 14.5 Å². The van der Waals surface area contributed by atoms with Gasteiger partial charge in [-0.1, -0.05) is 18.2 Å². The van der Waals surface area contributed by atoms with E-state index in [9.17, 15) is 23.2 Å². The van der Waals surface area contributed by atoms with Crippen LogP contribution in [0, 0.1) is 11.6 Å². The predicted octanol–water partition coefficient (Wildman–Crippen LogP) is 4.72. The van der Waals surface area contributed by atoms with Gasteiger partial charge in [0.05, 0.1) is 24.3 Å². The second-order valence-electron chi connectivity index (χ2n) is 8.53. The van der Waals surface area contributed by atoms with Gasteiger partial charge in [-0.25, -0.2) is 13.6 Å². The zero-order valence-corrected chi connectivity index (χ0v) is 21.3. The third-order valence-electron chi connectivity index (χ3n) is 6.04. The topological polar surface area (TPSA) is 78.9 Å². The van der Waals surface area contributed by atoms with Crippen LogP contribution in [0.25, 0.3) is 0 Å². The van der Waals surface area contributed by atoms with Gasteiger partial charge in [0.25, 0.3) is 5.91 Å². The number of hydrogen-bond acceptors (Lipinski definition) is 5. The number of anilines is 2. The summed E-state index contributed by atoms with van der Waals surface area (Å²) in [6.45, 7) is 2.13. The molecule has 4 rings (SSSR count). The number of benzene rings is 3. The van der Waals surface area contributed by atoms with Gasteiger partial charge in [0.1, 0.15) is 17.7 Å². The number of hydrogen-bond donors (Lipinski definition) is 1. The first-order valence-corrected chi connectivity index (χ1v) is 12.4. The Morgan fingerprint density at radius 3 is 2.34 bits per heavy atom. The van der Waals surface area contributed by atoms with Crippen LogP contribution in [-0.4, -0.2) is 47.0 Å². The van der Waals surface area contributed by atoms with Crippen molar-refractivity contribution < 1.29 is 27.9 Å². The Balaban J connectivity index is 1.57. The molecule has 0 unspecified atom stereocenters. The molecule has 38 heavy (non-hydrogen) atoms. The van der Waals surface area contributed by atoms with Gasteiger partial charge in [-0.05, 0) is 85.7 Å². The van der Waals surface area contributed by atoms with Crippen LogP contribution >= 0.6 is 12.2 Å². The third kappa shape index (κ3) is 6.03. The number of thiocarbonyl (C=S) groups is 1. The number of rotatable bonds is 9. The van der Waals surface area contributed by atoms with Gasteiger partial charge in [-0.2, -0.15) is 0 Å². The molecule has 1 saturated heterocycles. The normalized spacial score (nSPS) is 15.1. The number of nitrogens with zero attached hydrogens (tertiary/aromatic N) is 2. The summed E-state index contributed by atoms with van der Waals surface area (Å²) in [5, 5.41) is 2.83. The van der Waals surface area contributed by atoms with Gasteiger partial charge >= 0.3 is 5.97 Å². The van der Waals surface area contributed by atoms with Crippen molar-refractivity contribution in [1.29, 1.82) is 0 Å². The average molecular weight is 538 g/mol. The fraction of sp³-hybridized carbons (Fsp3) is 0.214.